The smallest absolute Gasteiger partial charge is 0.200 e. The molecular weight excluding hydrogens is 228 g/mol. The van der Waals surface area contributed by atoms with Crippen molar-refractivity contribution in [1.29, 1.82) is 0 Å². The number of carbonyl (C=O) groups is 2. The molecule has 6 N–H and O–H groups in total. The zero-order valence-corrected chi connectivity index (χ0v) is 9.69. The second-order valence-corrected chi connectivity index (χ2v) is 4.34. The topological polar surface area (TPSA) is 89.4 Å². The molecule has 0 aromatic heterocycles. The van der Waals surface area contributed by atoms with E-state index in [0.29, 0.717) is 33.6 Å². The van der Waals surface area contributed by atoms with Gasteiger partial charge in [0.25, 0.3) is 0 Å². The number of hydrogen-bond donors (Lipinski definition) is 2. The minimum Gasteiger partial charge on any atom is -0.325 e. The van der Waals surface area contributed by atoms with Crippen LogP contribution in [0.15, 0.2) is 36.4 Å². The van der Waals surface area contributed by atoms with Crippen LogP contribution in [0.4, 0.5) is 11.4 Å². The fourth-order valence-corrected chi connectivity index (χ4v) is 2.36. The highest BCUT2D eigenvalue weighted by molar-refractivity contribution is 6.30. The van der Waals surface area contributed by atoms with E-state index in [4.69, 9.17) is 0 Å². The number of fused-ring (bicyclic) bond motifs is 2. The molecule has 0 bridgehead atoms. The molecule has 2 aromatic carbocycles. The van der Waals surface area contributed by atoms with Gasteiger partial charge in [0.05, 0.1) is 0 Å². The standard InChI is InChI=1S/C14H10N2O2/c15-9-5-6-10(16)12-11(9)13(17)7-3-1-2-4-8(7)14(12)18/h1-6H,15-16H2/p+2. The van der Waals surface area contributed by atoms with Crippen LogP contribution in [-0.4, -0.2) is 11.6 Å². The molecule has 4 nitrogen and oxygen atoms in total. The van der Waals surface area contributed by atoms with E-state index in [1.54, 1.807) is 36.4 Å². The van der Waals surface area contributed by atoms with Crippen molar-refractivity contribution in [1.82, 2.24) is 0 Å². The van der Waals surface area contributed by atoms with Gasteiger partial charge in [-0.2, -0.15) is 0 Å². The summed E-state index contributed by atoms with van der Waals surface area (Å²) < 4.78 is 0. The predicted octanol–water partition coefficient (Wildman–Crippen LogP) is 0.209. The maximum Gasteiger partial charge on any atom is 0.200 e. The van der Waals surface area contributed by atoms with Gasteiger partial charge in [-0.3, -0.25) is 9.59 Å². The lowest BCUT2D eigenvalue weighted by Crippen LogP contribution is -2.47. The Morgan fingerprint density at radius 2 is 1.06 bits per heavy atom. The van der Waals surface area contributed by atoms with Crippen LogP contribution in [-0.2, 0) is 0 Å². The van der Waals surface area contributed by atoms with Gasteiger partial charge in [-0.25, -0.2) is 0 Å². The molecule has 0 heterocycles. The first-order valence-electron chi connectivity index (χ1n) is 5.60. The van der Waals surface area contributed by atoms with Gasteiger partial charge in [0.1, 0.15) is 22.5 Å². The molecule has 1 aliphatic rings. The number of carbonyl (C=O) groups excluding carboxylic acids is 2. The molecule has 1 aliphatic carbocycles. The van der Waals surface area contributed by atoms with Gasteiger partial charge in [0.2, 0.25) is 11.6 Å². The first-order valence-corrected chi connectivity index (χ1v) is 5.60. The summed E-state index contributed by atoms with van der Waals surface area (Å²) in [5.74, 6) is -0.286. The molecular formula is C14H12N2O2+2. The fraction of sp³-hybridized carbons (Fsp3) is 0. The van der Waals surface area contributed by atoms with Crippen molar-refractivity contribution < 1.29 is 21.1 Å². The van der Waals surface area contributed by atoms with Gasteiger partial charge in [0, 0.05) is 23.3 Å². The third-order valence-corrected chi connectivity index (χ3v) is 3.25. The Kier molecular flexibility index (Phi) is 2.16. The first-order chi connectivity index (χ1) is 8.61. The minimum absolute atomic E-state index is 0.143. The number of ketones is 2. The van der Waals surface area contributed by atoms with Crippen LogP contribution < -0.4 is 11.5 Å². The van der Waals surface area contributed by atoms with Crippen molar-refractivity contribution in [3.8, 4) is 0 Å². The van der Waals surface area contributed by atoms with E-state index in [9.17, 15) is 9.59 Å². The van der Waals surface area contributed by atoms with Crippen LogP contribution in [0.1, 0.15) is 31.8 Å². The van der Waals surface area contributed by atoms with Gasteiger partial charge < -0.3 is 11.5 Å². The second-order valence-electron chi connectivity index (χ2n) is 4.34. The Hall–Kier alpha value is -2.30. The number of hydrogen-bond acceptors (Lipinski definition) is 2. The van der Waals surface area contributed by atoms with E-state index in [2.05, 4.69) is 11.5 Å². The van der Waals surface area contributed by atoms with E-state index < -0.39 is 0 Å². The molecule has 0 radical (unpaired) electrons. The molecule has 0 spiro atoms. The highest BCUT2D eigenvalue weighted by Crippen LogP contribution is 2.32. The second kappa shape index (κ2) is 3.60. The lowest BCUT2D eigenvalue weighted by atomic mass is 9.82. The monoisotopic (exact) mass is 240 g/mol. The summed E-state index contributed by atoms with van der Waals surface area (Å²) in [5.41, 5.74) is 10.5. The van der Waals surface area contributed by atoms with Crippen LogP contribution in [0, 0.1) is 0 Å². The van der Waals surface area contributed by atoms with Crippen molar-refractivity contribution >= 4 is 22.9 Å². The van der Waals surface area contributed by atoms with Gasteiger partial charge in [0.15, 0.2) is 0 Å². The van der Waals surface area contributed by atoms with Crippen molar-refractivity contribution in [2.75, 3.05) is 0 Å². The van der Waals surface area contributed by atoms with E-state index in [1.165, 1.54) is 0 Å². The molecule has 0 atom stereocenters. The van der Waals surface area contributed by atoms with E-state index in [1.807, 2.05) is 0 Å². The average molecular weight is 240 g/mol. The Bertz CT molecular complexity index is 645. The van der Waals surface area contributed by atoms with Crippen molar-refractivity contribution in [2.45, 2.75) is 0 Å². The summed E-state index contributed by atoms with van der Waals surface area (Å²) in [4.78, 5) is 24.8. The molecule has 0 saturated heterocycles. The Morgan fingerprint density at radius 1 is 0.667 bits per heavy atom. The fourth-order valence-electron chi connectivity index (χ4n) is 2.36. The first kappa shape index (κ1) is 10.8. The summed E-state index contributed by atoms with van der Waals surface area (Å²) in [6.45, 7) is 0. The average Bonchev–Trinajstić information content (AvgIpc) is 2.38. The van der Waals surface area contributed by atoms with Gasteiger partial charge >= 0.3 is 0 Å². The molecule has 0 saturated carbocycles. The third-order valence-electron chi connectivity index (χ3n) is 3.25. The quantitative estimate of drug-likeness (QED) is 0.588. The van der Waals surface area contributed by atoms with Crippen molar-refractivity contribution in [3.05, 3.63) is 58.7 Å². The largest absolute Gasteiger partial charge is 0.325 e. The lowest BCUT2D eigenvalue weighted by molar-refractivity contribution is -0.261. The van der Waals surface area contributed by atoms with Gasteiger partial charge in [-0.15, -0.1) is 0 Å². The van der Waals surface area contributed by atoms with Gasteiger partial charge in [-0.05, 0) is 0 Å². The molecule has 0 aliphatic heterocycles. The SMILES string of the molecule is [NH3+]c1ccc([NH3+])c2c1C(=O)c1ccccc1C2=O. The van der Waals surface area contributed by atoms with Crippen LogP contribution in [0.25, 0.3) is 0 Å². The van der Waals surface area contributed by atoms with Crippen molar-refractivity contribution in [3.63, 3.8) is 0 Å². The van der Waals surface area contributed by atoms with E-state index >= 15 is 0 Å². The molecule has 0 amide bonds. The molecule has 88 valence electrons. The minimum atomic E-state index is -0.143. The van der Waals surface area contributed by atoms with Crippen LogP contribution in [0.5, 0.6) is 0 Å². The Morgan fingerprint density at radius 3 is 1.44 bits per heavy atom. The van der Waals surface area contributed by atoms with E-state index in [0.717, 1.165) is 0 Å². The van der Waals surface area contributed by atoms with Gasteiger partial charge in [-0.1, -0.05) is 24.3 Å². The summed E-state index contributed by atoms with van der Waals surface area (Å²) in [5, 5.41) is 0. The maximum absolute atomic E-state index is 12.4. The molecule has 2 aromatic rings. The predicted molar refractivity (Wildman–Crippen MR) is 64.8 cm³/mol. The number of benzene rings is 2. The van der Waals surface area contributed by atoms with Crippen LogP contribution in [0.3, 0.4) is 0 Å². The highest BCUT2D eigenvalue weighted by Gasteiger charge is 2.34. The summed E-state index contributed by atoms with van der Waals surface area (Å²) in [6, 6.07) is 10.3. The zero-order valence-electron chi connectivity index (χ0n) is 9.69. The summed E-state index contributed by atoms with van der Waals surface area (Å²) in [7, 11) is 0. The Labute approximate surface area is 103 Å². The normalized spacial score (nSPS) is 13.2. The zero-order chi connectivity index (χ0) is 12.9. The Balaban J connectivity index is 2.41. The third kappa shape index (κ3) is 1.27. The number of quaternary nitrogens is 2. The van der Waals surface area contributed by atoms with Crippen molar-refractivity contribution in [2.24, 2.45) is 0 Å². The summed E-state index contributed by atoms with van der Waals surface area (Å²) in [6.07, 6.45) is 0. The molecule has 4 heteroatoms. The highest BCUT2D eigenvalue weighted by atomic mass is 16.1. The number of rotatable bonds is 0. The molecule has 0 fully saturated rings. The van der Waals surface area contributed by atoms with Crippen LogP contribution >= 0.6 is 0 Å². The van der Waals surface area contributed by atoms with E-state index in [-0.39, 0.29) is 11.6 Å². The lowest BCUT2D eigenvalue weighted by Gasteiger charge is -2.17. The molecule has 3 rings (SSSR count). The van der Waals surface area contributed by atoms with Crippen LogP contribution in [0.2, 0.25) is 0 Å². The molecule has 18 heavy (non-hydrogen) atoms. The summed E-state index contributed by atoms with van der Waals surface area (Å²) >= 11 is 0. The maximum atomic E-state index is 12.4. The molecule has 0 unspecified atom stereocenters.